The van der Waals surface area contributed by atoms with Crippen molar-refractivity contribution >= 4 is 0 Å². The summed E-state index contributed by atoms with van der Waals surface area (Å²) in [6, 6.07) is 0.622. The largest absolute Gasteiger partial charge is 0.393 e. The third-order valence-corrected chi connectivity index (χ3v) is 3.66. The molecule has 0 aromatic heterocycles. The van der Waals surface area contributed by atoms with Crippen LogP contribution in [0.3, 0.4) is 0 Å². The minimum Gasteiger partial charge on any atom is -0.393 e. The van der Waals surface area contributed by atoms with E-state index < -0.39 is 0 Å². The van der Waals surface area contributed by atoms with Crippen molar-refractivity contribution in [1.29, 1.82) is 0 Å². The Balaban J connectivity index is 2.17. The molecule has 2 heteroatoms. The Bertz CT molecular complexity index is 193. The van der Waals surface area contributed by atoms with Crippen LogP contribution in [0.25, 0.3) is 0 Å². The highest BCUT2D eigenvalue weighted by Crippen LogP contribution is 2.23. The highest BCUT2D eigenvalue weighted by atomic mass is 16.3. The van der Waals surface area contributed by atoms with Crippen molar-refractivity contribution in [1.82, 2.24) is 5.32 Å². The Hall–Kier alpha value is -0.340. The van der Waals surface area contributed by atoms with Gasteiger partial charge in [-0.2, -0.15) is 0 Å². The normalized spacial score (nSPS) is 27.6. The van der Waals surface area contributed by atoms with Crippen LogP contribution in [0.15, 0.2) is 12.7 Å². The van der Waals surface area contributed by atoms with Crippen LogP contribution in [0, 0.1) is 5.92 Å². The quantitative estimate of drug-likeness (QED) is 0.653. The number of allylic oxidation sites excluding steroid dienone is 1. The maximum Gasteiger partial charge on any atom is 0.0543 e. The van der Waals surface area contributed by atoms with Gasteiger partial charge in [-0.1, -0.05) is 19.4 Å². The number of hydrogen-bond donors (Lipinski definition) is 2. The van der Waals surface area contributed by atoms with Crippen molar-refractivity contribution < 1.29 is 5.11 Å². The fourth-order valence-corrected chi connectivity index (χ4v) is 2.55. The molecule has 0 saturated heterocycles. The van der Waals surface area contributed by atoms with E-state index in [2.05, 4.69) is 18.8 Å². The Morgan fingerprint density at radius 2 is 2.31 bits per heavy atom. The molecule has 1 rings (SSSR count). The van der Waals surface area contributed by atoms with Gasteiger partial charge in [0.1, 0.15) is 0 Å². The minimum atomic E-state index is -0.0474. The van der Waals surface area contributed by atoms with Crippen LogP contribution in [0.1, 0.15) is 51.9 Å². The molecule has 0 radical (unpaired) electrons. The number of aliphatic hydroxyl groups is 1. The lowest BCUT2D eigenvalue weighted by Crippen LogP contribution is -2.35. The second-order valence-electron chi connectivity index (χ2n) is 5.07. The van der Waals surface area contributed by atoms with Crippen LogP contribution in [-0.2, 0) is 0 Å². The number of aliphatic hydroxyl groups excluding tert-OH is 1. The average molecular weight is 225 g/mol. The van der Waals surface area contributed by atoms with Crippen LogP contribution in [0.2, 0.25) is 0 Å². The summed E-state index contributed by atoms with van der Waals surface area (Å²) in [7, 11) is 0. The fraction of sp³-hybridized carbons (Fsp3) is 0.857. The van der Waals surface area contributed by atoms with E-state index >= 15 is 0 Å². The molecule has 3 unspecified atom stereocenters. The van der Waals surface area contributed by atoms with Gasteiger partial charge in [0.2, 0.25) is 0 Å². The first kappa shape index (κ1) is 13.7. The first-order valence-corrected chi connectivity index (χ1v) is 6.78. The molecule has 0 heterocycles. The summed E-state index contributed by atoms with van der Waals surface area (Å²) in [5.41, 5.74) is 0. The van der Waals surface area contributed by atoms with Crippen molar-refractivity contribution in [2.24, 2.45) is 5.92 Å². The van der Waals surface area contributed by atoms with Crippen molar-refractivity contribution in [3.8, 4) is 0 Å². The maximum atomic E-state index is 9.60. The summed E-state index contributed by atoms with van der Waals surface area (Å²) < 4.78 is 0. The molecule has 0 amide bonds. The lowest BCUT2D eigenvalue weighted by Gasteiger charge is -2.28. The Morgan fingerprint density at radius 3 is 2.94 bits per heavy atom. The lowest BCUT2D eigenvalue weighted by atomic mass is 9.87. The molecule has 1 aliphatic carbocycles. The van der Waals surface area contributed by atoms with E-state index in [0.29, 0.717) is 12.0 Å². The number of hydrogen-bond acceptors (Lipinski definition) is 2. The van der Waals surface area contributed by atoms with Gasteiger partial charge in [-0.15, -0.1) is 6.58 Å². The predicted octanol–water partition coefficient (Wildman–Crippen LogP) is 2.87. The predicted molar refractivity (Wildman–Crippen MR) is 69.5 cm³/mol. The van der Waals surface area contributed by atoms with Gasteiger partial charge in [-0.05, 0) is 51.0 Å². The zero-order valence-electron chi connectivity index (χ0n) is 10.6. The molecule has 2 N–H and O–H groups in total. The molecular weight excluding hydrogens is 198 g/mol. The van der Waals surface area contributed by atoms with Crippen LogP contribution >= 0.6 is 0 Å². The van der Waals surface area contributed by atoms with Gasteiger partial charge in [0, 0.05) is 6.04 Å². The van der Waals surface area contributed by atoms with Crippen molar-refractivity contribution in [3.05, 3.63) is 12.7 Å². The van der Waals surface area contributed by atoms with Crippen molar-refractivity contribution in [3.63, 3.8) is 0 Å². The Morgan fingerprint density at radius 1 is 1.50 bits per heavy atom. The first-order chi connectivity index (χ1) is 7.76. The van der Waals surface area contributed by atoms with Crippen LogP contribution < -0.4 is 5.32 Å². The van der Waals surface area contributed by atoms with Gasteiger partial charge in [0.15, 0.2) is 0 Å². The van der Waals surface area contributed by atoms with E-state index in [1.807, 2.05) is 6.08 Å². The zero-order valence-corrected chi connectivity index (χ0v) is 10.6. The molecule has 0 aliphatic heterocycles. The zero-order chi connectivity index (χ0) is 11.8. The third kappa shape index (κ3) is 5.13. The maximum absolute atomic E-state index is 9.60. The minimum absolute atomic E-state index is 0.0474. The summed E-state index contributed by atoms with van der Waals surface area (Å²) in [5, 5.41) is 13.2. The fourth-order valence-electron chi connectivity index (χ4n) is 2.55. The molecule has 1 fully saturated rings. The number of nitrogens with one attached hydrogen (secondary N) is 1. The second-order valence-corrected chi connectivity index (χ2v) is 5.07. The highest BCUT2D eigenvalue weighted by Gasteiger charge is 2.20. The molecule has 0 aromatic carbocycles. The van der Waals surface area contributed by atoms with E-state index in [9.17, 15) is 5.11 Å². The van der Waals surface area contributed by atoms with Gasteiger partial charge in [0.05, 0.1) is 6.10 Å². The van der Waals surface area contributed by atoms with Gasteiger partial charge < -0.3 is 10.4 Å². The monoisotopic (exact) mass is 225 g/mol. The molecule has 1 aliphatic rings. The Labute approximate surface area is 100 Å². The van der Waals surface area contributed by atoms with Gasteiger partial charge in [0.25, 0.3) is 0 Å². The molecule has 0 spiro atoms. The van der Waals surface area contributed by atoms with Gasteiger partial charge in [-0.3, -0.25) is 0 Å². The molecule has 16 heavy (non-hydrogen) atoms. The van der Waals surface area contributed by atoms with E-state index in [0.717, 1.165) is 25.8 Å². The van der Waals surface area contributed by atoms with Crippen LogP contribution in [0.5, 0.6) is 0 Å². The van der Waals surface area contributed by atoms with E-state index in [-0.39, 0.29) is 6.10 Å². The van der Waals surface area contributed by atoms with Crippen LogP contribution in [0.4, 0.5) is 0 Å². The van der Waals surface area contributed by atoms with Gasteiger partial charge in [-0.25, -0.2) is 0 Å². The summed E-state index contributed by atoms with van der Waals surface area (Å²) >= 11 is 0. The molecular formula is C14H27NO. The topological polar surface area (TPSA) is 32.3 Å². The standard InChI is InChI=1S/C14H27NO/c1-3-5-8-13(4-2)15-11-12-7-6-9-14(16)10-12/h3,12-16H,1,4-11H2,2H3. The molecule has 0 aromatic rings. The lowest BCUT2D eigenvalue weighted by molar-refractivity contribution is 0.0994. The van der Waals surface area contributed by atoms with E-state index in [4.69, 9.17) is 0 Å². The molecule has 94 valence electrons. The van der Waals surface area contributed by atoms with Crippen LogP contribution in [-0.4, -0.2) is 23.8 Å². The summed E-state index contributed by atoms with van der Waals surface area (Å²) in [5.74, 6) is 0.682. The number of rotatable bonds is 7. The van der Waals surface area contributed by atoms with E-state index in [1.54, 1.807) is 0 Å². The Kier molecular flexibility index (Phi) is 6.74. The molecule has 3 atom stereocenters. The second kappa shape index (κ2) is 7.86. The summed E-state index contributed by atoms with van der Waals surface area (Å²) in [6.07, 6.45) is 9.88. The summed E-state index contributed by atoms with van der Waals surface area (Å²) in [4.78, 5) is 0. The molecule has 0 bridgehead atoms. The van der Waals surface area contributed by atoms with Crippen molar-refractivity contribution in [2.75, 3.05) is 6.54 Å². The summed E-state index contributed by atoms with van der Waals surface area (Å²) in [6.45, 7) is 7.07. The highest BCUT2D eigenvalue weighted by molar-refractivity contribution is 4.77. The molecule has 2 nitrogen and oxygen atoms in total. The molecule has 1 saturated carbocycles. The van der Waals surface area contributed by atoms with Crippen molar-refractivity contribution in [2.45, 2.75) is 64.0 Å². The first-order valence-electron chi connectivity index (χ1n) is 6.78. The average Bonchev–Trinajstić information content (AvgIpc) is 2.29. The smallest absolute Gasteiger partial charge is 0.0543 e. The van der Waals surface area contributed by atoms with E-state index in [1.165, 1.54) is 25.7 Å². The SMILES string of the molecule is C=CCCC(CC)NCC1CCCC(O)C1. The van der Waals surface area contributed by atoms with Gasteiger partial charge >= 0.3 is 0 Å². The third-order valence-electron chi connectivity index (χ3n) is 3.66.